The highest BCUT2D eigenvalue weighted by Crippen LogP contribution is 2.23. The monoisotopic (exact) mass is 367 g/mol. The Hall–Kier alpha value is -2.70. The van der Waals surface area contributed by atoms with Gasteiger partial charge < -0.3 is 14.4 Å². The number of carbonyl (C=O) groups excluding carboxylic acids is 1. The van der Waals surface area contributed by atoms with Gasteiger partial charge in [0.25, 0.3) is 0 Å². The largest absolute Gasteiger partial charge is 0.573 e. The van der Waals surface area contributed by atoms with Crippen molar-refractivity contribution in [3.05, 3.63) is 59.2 Å². The van der Waals surface area contributed by atoms with Gasteiger partial charge in [0, 0.05) is 13.6 Å². The second-order valence-electron chi connectivity index (χ2n) is 5.92. The highest BCUT2D eigenvalue weighted by Gasteiger charge is 2.30. The minimum Gasteiger partial charge on any atom is -0.496 e. The molecule has 0 atom stereocenters. The maximum atomic E-state index is 12.4. The number of amides is 1. The molecule has 140 valence electrons. The minimum atomic E-state index is -4.72. The summed E-state index contributed by atoms with van der Waals surface area (Å²) in [7, 11) is 3.22. The van der Waals surface area contributed by atoms with Gasteiger partial charge in [-0.3, -0.25) is 4.79 Å². The standard InChI is InChI=1S/C19H20F3NO3/c1-13-4-5-15(10-17(13)25-3)11-18(24)23(2)12-14-6-8-16(9-7-14)26-19(20,21)22/h4-10H,11-12H2,1-3H3. The Kier molecular flexibility index (Phi) is 6.13. The van der Waals surface area contributed by atoms with Crippen molar-refractivity contribution in [2.45, 2.75) is 26.3 Å². The summed E-state index contributed by atoms with van der Waals surface area (Å²) < 4.78 is 45.6. The van der Waals surface area contributed by atoms with E-state index in [0.717, 1.165) is 16.9 Å². The molecule has 4 nitrogen and oxygen atoms in total. The maximum Gasteiger partial charge on any atom is 0.573 e. The Morgan fingerprint density at radius 3 is 2.27 bits per heavy atom. The van der Waals surface area contributed by atoms with Crippen LogP contribution in [0.4, 0.5) is 13.2 Å². The molecule has 0 aromatic heterocycles. The fourth-order valence-corrected chi connectivity index (χ4v) is 2.44. The van der Waals surface area contributed by atoms with Gasteiger partial charge in [-0.2, -0.15) is 0 Å². The number of likely N-dealkylation sites (N-methyl/N-ethyl adjacent to an activating group) is 1. The van der Waals surface area contributed by atoms with Crippen molar-refractivity contribution in [1.29, 1.82) is 0 Å². The first kappa shape index (κ1) is 19.6. The molecule has 26 heavy (non-hydrogen) atoms. The second kappa shape index (κ2) is 8.12. The zero-order valence-corrected chi connectivity index (χ0v) is 14.8. The van der Waals surface area contributed by atoms with E-state index in [-0.39, 0.29) is 24.6 Å². The first-order chi connectivity index (χ1) is 12.2. The normalized spacial score (nSPS) is 11.2. The summed E-state index contributed by atoms with van der Waals surface area (Å²) in [6.45, 7) is 2.21. The number of nitrogens with zero attached hydrogens (tertiary/aromatic N) is 1. The SMILES string of the molecule is COc1cc(CC(=O)N(C)Cc2ccc(OC(F)(F)F)cc2)ccc1C. The van der Waals surface area contributed by atoms with Gasteiger partial charge in [0.05, 0.1) is 13.5 Å². The molecule has 0 N–H and O–H groups in total. The van der Waals surface area contributed by atoms with Gasteiger partial charge in [-0.1, -0.05) is 24.3 Å². The number of hydrogen-bond donors (Lipinski definition) is 0. The molecule has 0 aliphatic carbocycles. The lowest BCUT2D eigenvalue weighted by atomic mass is 10.1. The molecule has 2 aromatic rings. The number of halogens is 3. The van der Waals surface area contributed by atoms with Gasteiger partial charge in [0.2, 0.25) is 5.91 Å². The van der Waals surface area contributed by atoms with Gasteiger partial charge in [-0.05, 0) is 41.8 Å². The van der Waals surface area contributed by atoms with Crippen LogP contribution in [0.3, 0.4) is 0 Å². The molecule has 0 bridgehead atoms. The molecule has 1 amide bonds. The summed E-state index contributed by atoms with van der Waals surface area (Å²) in [5, 5.41) is 0. The van der Waals surface area contributed by atoms with Gasteiger partial charge >= 0.3 is 6.36 Å². The molecule has 0 spiro atoms. The molecule has 0 fully saturated rings. The summed E-state index contributed by atoms with van der Waals surface area (Å²) >= 11 is 0. The summed E-state index contributed by atoms with van der Waals surface area (Å²) in [6, 6.07) is 11.0. The molecule has 2 aromatic carbocycles. The first-order valence-electron chi connectivity index (χ1n) is 7.90. The number of aryl methyl sites for hydroxylation is 1. The predicted molar refractivity (Wildman–Crippen MR) is 91.0 cm³/mol. The van der Waals surface area contributed by atoms with Gasteiger partial charge in [-0.25, -0.2) is 0 Å². The van der Waals surface area contributed by atoms with Crippen LogP contribution in [0.5, 0.6) is 11.5 Å². The van der Waals surface area contributed by atoms with E-state index < -0.39 is 6.36 Å². The Morgan fingerprint density at radius 1 is 1.08 bits per heavy atom. The summed E-state index contributed by atoms with van der Waals surface area (Å²) in [4.78, 5) is 13.9. The van der Waals surface area contributed by atoms with E-state index in [0.29, 0.717) is 5.56 Å². The molecule has 0 unspecified atom stereocenters. The minimum absolute atomic E-state index is 0.105. The molecule has 0 heterocycles. The van der Waals surface area contributed by atoms with Crippen LogP contribution in [0.1, 0.15) is 16.7 Å². The smallest absolute Gasteiger partial charge is 0.496 e. The number of rotatable bonds is 6. The lowest BCUT2D eigenvalue weighted by molar-refractivity contribution is -0.274. The van der Waals surface area contributed by atoms with E-state index in [4.69, 9.17) is 4.74 Å². The Morgan fingerprint density at radius 2 is 1.69 bits per heavy atom. The maximum absolute atomic E-state index is 12.4. The van der Waals surface area contributed by atoms with Crippen LogP contribution in [-0.4, -0.2) is 31.3 Å². The van der Waals surface area contributed by atoms with E-state index in [1.54, 1.807) is 14.2 Å². The van der Waals surface area contributed by atoms with Crippen LogP contribution < -0.4 is 9.47 Å². The Bertz CT molecular complexity index is 758. The van der Waals surface area contributed by atoms with E-state index in [9.17, 15) is 18.0 Å². The van der Waals surface area contributed by atoms with E-state index in [1.807, 2.05) is 25.1 Å². The number of methoxy groups -OCH3 is 1. The van der Waals surface area contributed by atoms with Crippen molar-refractivity contribution in [2.24, 2.45) is 0 Å². The van der Waals surface area contributed by atoms with Crippen molar-refractivity contribution in [3.8, 4) is 11.5 Å². The highest BCUT2D eigenvalue weighted by molar-refractivity contribution is 5.78. The molecule has 0 saturated heterocycles. The van der Waals surface area contributed by atoms with E-state index in [1.165, 1.54) is 29.2 Å². The molecule has 7 heteroatoms. The molecule has 0 aliphatic heterocycles. The predicted octanol–water partition coefficient (Wildman–Crippen LogP) is 4.10. The van der Waals surface area contributed by atoms with Crippen LogP contribution >= 0.6 is 0 Å². The van der Waals surface area contributed by atoms with Crippen LogP contribution in [-0.2, 0) is 17.8 Å². The zero-order chi connectivity index (χ0) is 19.3. The molecule has 2 rings (SSSR count). The third-order valence-electron chi connectivity index (χ3n) is 3.83. The molecular formula is C19H20F3NO3. The summed E-state index contributed by atoms with van der Waals surface area (Å²) in [5.41, 5.74) is 2.52. The number of benzene rings is 2. The highest BCUT2D eigenvalue weighted by atomic mass is 19.4. The average molecular weight is 367 g/mol. The van der Waals surface area contributed by atoms with Gasteiger partial charge in [0.15, 0.2) is 0 Å². The van der Waals surface area contributed by atoms with Crippen LogP contribution in [0.15, 0.2) is 42.5 Å². The van der Waals surface area contributed by atoms with Crippen molar-refractivity contribution in [1.82, 2.24) is 4.90 Å². The molecule has 0 saturated carbocycles. The average Bonchev–Trinajstić information content (AvgIpc) is 2.57. The Labute approximate surface area is 150 Å². The van der Waals surface area contributed by atoms with Gasteiger partial charge in [-0.15, -0.1) is 13.2 Å². The quantitative estimate of drug-likeness (QED) is 0.772. The van der Waals surface area contributed by atoms with Gasteiger partial charge in [0.1, 0.15) is 11.5 Å². The lowest BCUT2D eigenvalue weighted by Crippen LogP contribution is -2.27. The molecule has 0 aliphatic rings. The van der Waals surface area contributed by atoms with Crippen molar-refractivity contribution < 1.29 is 27.4 Å². The lowest BCUT2D eigenvalue weighted by Gasteiger charge is -2.18. The van der Waals surface area contributed by atoms with E-state index >= 15 is 0 Å². The van der Waals surface area contributed by atoms with Crippen LogP contribution in [0.25, 0.3) is 0 Å². The third kappa shape index (κ3) is 5.68. The second-order valence-corrected chi connectivity index (χ2v) is 5.92. The number of ether oxygens (including phenoxy) is 2. The van der Waals surface area contributed by atoms with Crippen molar-refractivity contribution >= 4 is 5.91 Å². The molecule has 0 radical (unpaired) electrons. The Balaban J connectivity index is 1.96. The summed E-state index contributed by atoms with van der Waals surface area (Å²) in [6.07, 6.45) is -4.51. The summed E-state index contributed by atoms with van der Waals surface area (Å²) in [5.74, 6) is 0.326. The van der Waals surface area contributed by atoms with Crippen molar-refractivity contribution in [2.75, 3.05) is 14.2 Å². The molecular weight excluding hydrogens is 347 g/mol. The van der Waals surface area contributed by atoms with Crippen LogP contribution in [0, 0.1) is 6.92 Å². The zero-order valence-electron chi connectivity index (χ0n) is 14.8. The fraction of sp³-hybridized carbons (Fsp3) is 0.316. The van der Waals surface area contributed by atoms with E-state index in [2.05, 4.69) is 4.74 Å². The fourth-order valence-electron chi connectivity index (χ4n) is 2.44. The number of carbonyl (C=O) groups is 1. The number of hydrogen-bond acceptors (Lipinski definition) is 3. The number of alkyl halides is 3. The van der Waals surface area contributed by atoms with Crippen molar-refractivity contribution in [3.63, 3.8) is 0 Å². The topological polar surface area (TPSA) is 38.8 Å². The van der Waals surface area contributed by atoms with Crippen LogP contribution in [0.2, 0.25) is 0 Å². The first-order valence-corrected chi connectivity index (χ1v) is 7.90. The third-order valence-corrected chi connectivity index (χ3v) is 3.83.